The van der Waals surface area contributed by atoms with Gasteiger partial charge in [-0.3, -0.25) is 14.4 Å². The first-order chi connectivity index (χ1) is 11.6. The minimum Gasteiger partial charge on any atom is -0.466 e. The molecule has 6 nitrogen and oxygen atoms in total. The Balaban J connectivity index is 1.92. The summed E-state index contributed by atoms with van der Waals surface area (Å²) in [7, 11) is 1.54. The van der Waals surface area contributed by atoms with Gasteiger partial charge in [0.1, 0.15) is 0 Å². The molecule has 0 aliphatic heterocycles. The first kappa shape index (κ1) is 20.2. The summed E-state index contributed by atoms with van der Waals surface area (Å²) in [6.07, 6.45) is 10.7. The average Bonchev–Trinajstić information content (AvgIpc) is 3.35. The van der Waals surface area contributed by atoms with Crippen LogP contribution in [0.2, 0.25) is 0 Å². The molecule has 2 unspecified atom stereocenters. The molecular formula is C18H30N2O4. The lowest BCUT2D eigenvalue weighted by molar-refractivity contribution is -0.144. The number of unbranched alkanes of at least 4 members (excludes halogenated alkanes) is 4. The van der Waals surface area contributed by atoms with Crippen molar-refractivity contribution in [2.24, 2.45) is 11.8 Å². The van der Waals surface area contributed by atoms with E-state index in [0.29, 0.717) is 18.9 Å². The molecule has 1 aliphatic rings. The third-order valence-electron chi connectivity index (χ3n) is 4.06. The zero-order valence-corrected chi connectivity index (χ0v) is 14.8. The molecule has 0 saturated heterocycles. The topological polar surface area (TPSA) is 84.5 Å². The van der Waals surface area contributed by atoms with Gasteiger partial charge in [0.15, 0.2) is 0 Å². The first-order valence-corrected chi connectivity index (χ1v) is 8.89. The Morgan fingerprint density at radius 3 is 2.58 bits per heavy atom. The fourth-order valence-corrected chi connectivity index (χ4v) is 2.48. The van der Waals surface area contributed by atoms with E-state index in [9.17, 15) is 14.4 Å². The second kappa shape index (κ2) is 11.6. The molecule has 0 aromatic heterocycles. The summed E-state index contributed by atoms with van der Waals surface area (Å²) in [6.45, 7) is 2.33. The monoisotopic (exact) mass is 338 g/mol. The number of allylic oxidation sites excluding steroid dienone is 2. The van der Waals surface area contributed by atoms with Crippen LogP contribution in [0.3, 0.4) is 0 Å². The van der Waals surface area contributed by atoms with Crippen LogP contribution in [0.25, 0.3) is 0 Å². The Hall–Kier alpha value is -1.85. The summed E-state index contributed by atoms with van der Waals surface area (Å²) in [6, 6.07) is 0. The molecule has 0 heterocycles. The molecule has 136 valence electrons. The Kier molecular flexibility index (Phi) is 9.80. The van der Waals surface area contributed by atoms with Crippen LogP contribution in [-0.4, -0.2) is 38.0 Å². The van der Waals surface area contributed by atoms with Crippen molar-refractivity contribution in [2.45, 2.75) is 51.9 Å². The molecule has 0 aromatic carbocycles. The molecule has 0 spiro atoms. The van der Waals surface area contributed by atoms with Gasteiger partial charge >= 0.3 is 5.97 Å². The number of hydrogen-bond acceptors (Lipinski definition) is 4. The van der Waals surface area contributed by atoms with E-state index in [4.69, 9.17) is 4.74 Å². The first-order valence-electron chi connectivity index (χ1n) is 8.89. The highest BCUT2D eigenvalue weighted by Gasteiger charge is 2.42. The normalized spacial score (nSPS) is 19.1. The number of carbonyl (C=O) groups is 3. The average molecular weight is 338 g/mol. The number of ether oxygens (including phenoxy) is 1. The van der Waals surface area contributed by atoms with E-state index in [0.717, 1.165) is 38.5 Å². The van der Waals surface area contributed by atoms with Crippen LogP contribution in [0.15, 0.2) is 12.2 Å². The summed E-state index contributed by atoms with van der Waals surface area (Å²) >= 11 is 0. The van der Waals surface area contributed by atoms with Crippen LogP contribution >= 0.6 is 0 Å². The second-order valence-electron chi connectivity index (χ2n) is 6.09. The van der Waals surface area contributed by atoms with Crippen molar-refractivity contribution in [2.75, 3.05) is 20.2 Å². The van der Waals surface area contributed by atoms with E-state index in [-0.39, 0.29) is 30.2 Å². The van der Waals surface area contributed by atoms with Crippen LogP contribution in [0.4, 0.5) is 0 Å². The van der Waals surface area contributed by atoms with Gasteiger partial charge in [0.2, 0.25) is 11.8 Å². The highest BCUT2D eigenvalue weighted by atomic mass is 16.5. The number of likely N-dealkylation sites (N-methyl/N-ethyl adjacent to an activating group) is 1. The number of hydrogen-bond donors (Lipinski definition) is 2. The molecule has 6 heteroatoms. The van der Waals surface area contributed by atoms with Crippen molar-refractivity contribution in [1.82, 2.24) is 10.6 Å². The van der Waals surface area contributed by atoms with Crippen molar-refractivity contribution in [3.8, 4) is 0 Å². The van der Waals surface area contributed by atoms with Crippen molar-refractivity contribution < 1.29 is 19.1 Å². The number of carbonyl (C=O) groups excluding carboxylic acids is 3. The molecule has 0 bridgehead atoms. The van der Waals surface area contributed by atoms with E-state index in [1.165, 1.54) is 0 Å². The lowest BCUT2D eigenvalue weighted by Gasteiger charge is -2.04. The highest BCUT2D eigenvalue weighted by molar-refractivity contribution is 5.84. The van der Waals surface area contributed by atoms with Gasteiger partial charge in [0.25, 0.3) is 0 Å². The smallest absolute Gasteiger partial charge is 0.309 e. The molecule has 2 N–H and O–H groups in total. The summed E-state index contributed by atoms with van der Waals surface area (Å²) in [5.41, 5.74) is 0. The van der Waals surface area contributed by atoms with E-state index in [1.807, 2.05) is 6.92 Å². The van der Waals surface area contributed by atoms with Crippen LogP contribution in [0, 0.1) is 11.8 Å². The maximum absolute atomic E-state index is 11.5. The largest absolute Gasteiger partial charge is 0.466 e. The number of nitrogens with one attached hydrogen (secondary N) is 2. The van der Waals surface area contributed by atoms with Crippen molar-refractivity contribution in [3.05, 3.63) is 12.2 Å². The third-order valence-corrected chi connectivity index (χ3v) is 4.06. The van der Waals surface area contributed by atoms with Crippen LogP contribution in [0.1, 0.15) is 51.9 Å². The zero-order chi connectivity index (χ0) is 17.8. The maximum Gasteiger partial charge on any atom is 0.309 e. The minimum atomic E-state index is -0.184. The summed E-state index contributed by atoms with van der Waals surface area (Å²) in [5.74, 6) is 0.123. The Labute approximate surface area is 144 Å². The van der Waals surface area contributed by atoms with Gasteiger partial charge in [0.05, 0.1) is 19.1 Å². The van der Waals surface area contributed by atoms with Crippen molar-refractivity contribution >= 4 is 17.8 Å². The summed E-state index contributed by atoms with van der Waals surface area (Å²) in [4.78, 5) is 33.9. The van der Waals surface area contributed by atoms with Gasteiger partial charge < -0.3 is 15.4 Å². The van der Waals surface area contributed by atoms with Gasteiger partial charge in [-0.05, 0) is 38.5 Å². The molecule has 1 saturated carbocycles. The van der Waals surface area contributed by atoms with E-state index in [1.54, 1.807) is 7.05 Å². The fourth-order valence-electron chi connectivity index (χ4n) is 2.48. The van der Waals surface area contributed by atoms with Gasteiger partial charge in [0, 0.05) is 13.5 Å². The van der Waals surface area contributed by atoms with Gasteiger partial charge in [-0.15, -0.1) is 0 Å². The SMILES string of the molecule is CCOC(=O)C1CC1/C=C\CCCCCCC(=O)NCC(=O)NC. The fraction of sp³-hybridized carbons (Fsp3) is 0.722. The predicted octanol–water partition coefficient (Wildman–Crippen LogP) is 1.94. The van der Waals surface area contributed by atoms with E-state index in [2.05, 4.69) is 22.8 Å². The lowest BCUT2D eigenvalue weighted by Crippen LogP contribution is -2.34. The molecule has 1 fully saturated rings. The molecule has 24 heavy (non-hydrogen) atoms. The standard InChI is InChI=1S/C18H30N2O4/c1-3-24-18(23)15-12-14(15)10-8-6-4-5-7-9-11-16(21)20-13-17(22)19-2/h8,10,14-15H,3-7,9,11-13H2,1-2H3,(H,19,22)(H,20,21)/b10-8-. The molecule has 2 amide bonds. The van der Waals surface area contributed by atoms with Gasteiger partial charge in [-0.25, -0.2) is 0 Å². The summed E-state index contributed by atoms with van der Waals surface area (Å²) < 4.78 is 5.00. The Morgan fingerprint density at radius 1 is 1.12 bits per heavy atom. The number of amides is 2. The molecule has 0 aromatic rings. The molecule has 1 rings (SSSR count). The van der Waals surface area contributed by atoms with Gasteiger partial charge in [-0.1, -0.05) is 25.0 Å². The van der Waals surface area contributed by atoms with E-state index >= 15 is 0 Å². The van der Waals surface area contributed by atoms with Gasteiger partial charge in [-0.2, -0.15) is 0 Å². The van der Waals surface area contributed by atoms with E-state index < -0.39 is 0 Å². The molecule has 0 radical (unpaired) electrons. The van der Waals surface area contributed by atoms with Crippen molar-refractivity contribution in [1.29, 1.82) is 0 Å². The summed E-state index contributed by atoms with van der Waals surface area (Å²) in [5, 5.41) is 5.04. The molecule has 2 atom stereocenters. The Morgan fingerprint density at radius 2 is 1.88 bits per heavy atom. The third kappa shape index (κ3) is 8.70. The van der Waals surface area contributed by atoms with Crippen molar-refractivity contribution in [3.63, 3.8) is 0 Å². The van der Waals surface area contributed by atoms with Crippen LogP contribution < -0.4 is 10.6 Å². The number of esters is 1. The van der Waals surface area contributed by atoms with Crippen LogP contribution in [0.5, 0.6) is 0 Å². The number of rotatable bonds is 12. The lowest BCUT2D eigenvalue weighted by atomic mass is 10.1. The second-order valence-corrected chi connectivity index (χ2v) is 6.09. The Bertz CT molecular complexity index is 448. The zero-order valence-electron chi connectivity index (χ0n) is 14.8. The minimum absolute atomic E-state index is 0.0497. The maximum atomic E-state index is 11.5. The predicted molar refractivity (Wildman–Crippen MR) is 92.1 cm³/mol. The quantitative estimate of drug-likeness (QED) is 0.324. The van der Waals surface area contributed by atoms with Crippen LogP contribution in [-0.2, 0) is 19.1 Å². The highest BCUT2D eigenvalue weighted by Crippen LogP contribution is 2.40. The molecule has 1 aliphatic carbocycles. The molecular weight excluding hydrogens is 308 g/mol.